The molecule has 2 heteroatoms. The maximum absolute atomic E-state index is 2.53. The van der Waals surface area contributed by atoms with E-state index in [-0.39, 0.29) is 6.04 Å². The van der Waals surface area contributed by atoms with E-state index in [0.29, 0.717) is 5.92 Å². The van der Waals surface area contributed by atoms with E-state index in [1.807, 2.05) is 0 Å². The molecule has 10 rings (SSSR count). The first kappa shape index (κ1) is 31.8. The first-order valence-corrected chi connectivity index (χ1v) is 18.8. The number of anilines is 5. The van der Waals surface area contributed by atoms with Crippen LogP contribution in [0.15, 0.2) is 218 Å². The minimum Gasteiger partial charge on any atom is -0.333 e. The topological polar surface area (TPSA) is 6.48 Å². The summed E-state index contributed by atoms with van der Waals surface area (Å²) in [4.78, 5) is 4.88. The normalized spacial score (nSPS) is 15.6. The zero-order chi connectivity index (χ0) is 35.8. The SMILES string of the molecule is C1=CC2c3cc4ccccc4cc3N(c3cccc(-c4ccc(N(c5ccc(-c6ccccc6)cc5)c5ccc(-c6ccccc6)cc5)cc4)c3)C2C=C1. The highest BCUT2D eigenvalue weighted by molar-refractivity contribution is 5.92. The van der Waals surface area contributed by atoms with Crippen molar-refractivity contribution in [3.8, 4) is 33.4 Å². The third-order valence-electron chi connectivity index (χ3n) is 11.0. The van der Waals surface area contributed by atoms with Crippen molar-refractivity contribution >= 4 is 39.2 Å². The van der Waals surface area contributed by atoms with Gasteiger partial charge in [0.2, 0.25) is 0 Å². The van der Waals surface area contributed by atoms with Crippen molar-refractivity contribution in [1.29, 1.82) is 0 Å². The molecule has 0 N–H and O–H groups in total. The molecule has 0 spiro atoms. The van der Waals surface area contributed by atoms with Crippen molar-refractivity contribution < 1.29 is 0 Å². The van der Waals surface area contributed by atoms with Gasteiger partial charge in [-0.3, -0.25) is 0 Å². The highest BCUT2D eigenvalue weighted by atomic mass is 15.2. The van der Waals surface area contributed by atoms with Gasteiger partial charge in [-0.15, -0.1) is 0 Å². The fourth-order valence-electron chi connectivity index (χ4n) is 8.28. The van der Waals surface area contributed by atoms with E-state index in [0.717, 1.165) is 17.1 Å². The largest absolute Gasteiger partial charge is 0.333 e. The summed E-state index contributed by atoms with van der Waals surface area (Å²) in [6.45, 7) is 0. The minimum atomic E-state index is 0.245. The average Bonchev–Trinajstić information content (AvgIpc) is 3.57. The number of rotatable bonds is 7. The Bertz CT molecular complexity index is 2560. The molecule has 0 bridgehead atoms. The minimum absolute atomic E-state index is 0.245. The molecule has 1 aliphatic heterocycles. The van der Waals surface area contributed by atoms with Crippen molar-refractivity contribution in [2.45, 2.75) is 12.0 Å². The van der Waals surface area contributed by atoms with Crippen molar-refractivity contribution in [1.82, 2.24) is 0 Å². The van der Waals surface area contributed by atoms with Crippen LogP contribution < -0.4 is 9.80 Å². The lowest BCUT2D eigenvalue weighted by Gasteiger charge is -2.29. The molecule has 2 unspecified atom stereocenters. The molecular weight excluding hydrogens is 653 g/mol. The van der Waals surface area contributed by atoms with Crippen LogP contribution in [0.5, 0.6) is 0 Å². The van der Waals surface area contributed by atoms with E-state index in [2.05, 4.69) is 228 Å². The fraction of sp³-hybridized carbons (Fsp3) is 0.0385. The lowest BCUT2D eigenvalue weighted by atomic mass is 9.90. The Kier molecular flexibility index (Phi) is 8.00. The molecule has 8 aromatic rings. The smallest absolute Gasteiger partial charge is 0.0629 e. The fourth-order valence-corrected chi connectivity index (χ4v) is 8.28. The summed E-state index contributed by atoms with van der Waals surface area (Å²) in [6.07, 6.45) is 9.10. The lowest BCUT2D eigenvalue weighted by Crippen LogP contribution is -2.28. The molecule has 2 atom stereocenters. The quantitative estimate of drug-likeness (QED) is 0.164. The van der Waals surface area contributed by atoms with Crippen LogP contribution >= 0.6 is 0 Å². The Morgan fingerprint density at radius 1 is 0.370 bits per heavy atom. The van der Waals surface area contributed by atoms with Gasteiger partial charge in [0.05, 0.1) is 6.04 Å². The summed E-state index contributed by atoms with van der Waals surface area (Å²) < 4.78 is 0. The van der Waals surface area contributed by atoms with Crippen molar-refractivity contribution in [2.75, 3.05) is 9.80 Å². The lowest BCUT2D eigenvalue weighted by molar-refractivity contribution is 0.745. The summed E-state index contributed by atoms with van der Waals surface area (Å²) in [5, 5.41) is 2.57. The monoisotopic (exact) mass is 690 g/mol. The first-order chi connectivity index (χ1) is 26.8. The van der Waals surface area contributed by atoms with Gasteiger partial charge in [-0.05, 0) is 110 Å². The Hall–Kier alpha value is -6.90. The first-order valence-electron chi connectivity index (χ1n) is 18.8. The molecule has 0 saturated heterocycles. The van der Waals surface area contributed by atoms with Crippen LogP contribution in [0.4, 0.5) is 28.4 Å². The van der Waals surface area contributed by atoms with Crippen LogP contribution in [0.25, 0.3) is 44.2 Å². The molecule has 1 heterocycles. The van der Waals surface area contributed by atoms with Crippen LogP contribution in [-0.2, 0) is 0 Å². The van der Waals surface area contributed by atoms with E-state index in [1.54, 1.807) is 0 Å². The molecule has 0 fully saturated rings. The number of hydrogen-bond acceptors (Lipinski definition) is 2. The van der Waals surface area contributed by atoms with Gasteiger partial charge < -0.3 is 9.80 Å². The van der Waals surface area contributed by atoms with Crippen LogP contribution in [0.1, 0.15) is 11.5 Å². The maximum atomic E-state index is 2.53. The van der Waals surface area contributed by atoms with Gasteiger partial charge in [0.15, 0.2) is 0 Å². The van der Waals surface area contributed by atoms with Gasteiger partial charge in [0.1, 0.15) is 0 Å². The van der Waals surface area contributed by atoms with Gasteiger partial charge in [0, 0.05) is 34.4 Å². The highest BCUT2D eigenvalue weighted by Gasteiger charge is 2.37. The van der Waals surface area contributed by atoms with Gasteiger partial charge >= 0.3 is 0 Å². The summed E-state index contributed by atoms with van der Waals surface area (Å²) in [5.74, 6) is 0.326. The number of nitrogens with zero attached hydrogens (tertiary/aromatic N) is 2. The van der Waals surface area contributed by atoms with Crippen LogP contribution in [-0.4, -0.2) is 6.04 Å². The van der Waals surface area contributed by atoms with Crippen molar-refractivity contribution in [3.63, 3.8) is 0 Å². The number of hydrogen-bond donors (Lipinski definition) is 0. The molecule has 0 amide bonds. The summed E-state index contributed by atoms with van der Waals surface area (Å²) in [6, 6.07) is 70.7. The van der Waals surface area contributed by atoms with Gasteiger partial charge in [0.25, 0.3) is 0 Å². The molecule has 8 aromatic carbocycles. The molecule has 0 aromatic heterocycles. The van der Waals surface area contributed by atoms with Gasteiger partial charge in [-0.1, -0.05) is 158 Å². The second-order valence-corrected chi connectivity index (χ2v) is 14.2. The highest BCUT2D eigenvalue weighted by Crippen LogP contribution is 2.49. The maximum Gasteiger partial charge on any atom is 0.0629 e. The molecular formula is C52H38N2. The van der Waals surface area contributed by atoms with E-state index < -0.39 is 0 Å². The van der Waals surface area contributed by atoms with Gasteiger partial charge in [-0.2, -0.15) is 0 Å². The Morgan fingerprint density at radius 3 is 1.41 bits per heavy atom. The second kappa shape index (κ2) is 13.6. The van der Waals surface area contributed by atoms with E-state index in [9.17, 15) is 0 Å². The summed E-state index contributed by atoms with van der Waals surface area (Å²) in [7, 11) is 0. The zero-order valence-electron chi connectivity index (χ0n) is 29.8. The molecule has 2 aliphatic rings. The third kappa shape index (κ3) is 5.79. The summed E-state index contributed by atoms with van der Waals surface area (Å²) >= 11 is 0. The Labute approximate surface area is 317 Å². The molecule has 1 aliphatic carbocycles. The predicted molar refractivity (Wildman–Crippen MR) is 228 cm³/mol. The van der Waals surface area contributed by atoms with Gasteiger partial charge in [-0.25, -0.2) is 0 Å². The number of benzene rings is 8. The molecule has 256 valence electrons. The average molecular weight is 691 g/mol. The molecule has 54 heavy (non-hydrogen) atoms. The Balaban J connectivity index is 1.00. The molecule has 2 nitrogen and oxygen atoms in total. The van der Waals surface area contributed by atoms with Crippen LogP contribution in [0, 0.1) is 0 Å². The van der Waals surface area contributed by atoms with E-state index >= 15 is 0 Å². The Morgan fingerprint density at radius 2 is 0.833 bits per heavy atom. The summed E-state index contributed by atoms with van der Waals surface area (Å²) in [5.41, 5.74) is 14.4. The number of allylic oxidation sites excluding steroid dienone is 2. The zero-order valence-corrected chi connectivity index (χ0v) is 29.8. The standard InChI is InChI=1S/C52H38N2/c1-3-12-37(13-4-1)39-22-28-45(29-23-39)53(46-30-24-40(25-31-46)38-14-5-2-6-15-38)47-32-26-41(27-33-47)42-18-11-19-48(34-42)54-51-21-10-9-20-49(51)50-35-43-16-7-8-17-44(43)36-52(50)54/h1-36,49,51H. The third-order valence-corrected chi connectivity index (χ3v) is 11.0. The molecule has 0 radical (unpaired) electrons. The van der Waals surface area contributed by atoms with Crippen molar-refractivity contribution in [3.05, 3.63) is 224 Å². The number of fused-ring (bicyclic) bond motifs is 4. The van der Waals surface area contributed by atoms with Crippen LogP contribution in [0.2, 0.25) is 0 Å². The van der Waals surface area contributed by atoms with E-state index in [1.165, 1.54) is 61.1 Å². The predicted octanol–water partition coefficient (Wildman–Crippen LogP) is 14.0. The van der Waals surface area contributed by atoms with E-state index in [4.69, 9.17) is 0 Å². The van der Waals surface area contributed by atoms with Crippen LogP contribution in [0.3, 0.4) is 0 Å². The molecule has 0 saturated carbocycles. The van der Waals surface area contributed by atoms with Crippen molar-refractivity contribution in [2.24, 2.45) is 0 Å². The second-order valence-electron chi connectivity index (χ2n) is 14.2.